The molecule has 0 aliphatic carbocycles. The molecule has 2 aromatic carbocycles. The molecule has 0 bridgehead atoms. The van der Waals surface area contributed by atoms with Crippen LogP contribution < -0.4 is 5.32 Å². The minimum Gasteiger partial charge on any atom is -0.451 e. The van der Waals surface area contributed by atoms with Gasteiger partial charge in [0.1, 0.15) is 5.58 Å². The maximum Gasteiger partial charge on any atom is 0.291 e. The molecule has 0 saturated carbocycles. The maximum absolute atomic E-state index is 12.2. The van der Waals surface area contributed by atoms with Gasteiger partial charge in [0.25, 0.3) is 5.91 Å². The molecular formula is C18H17NO2. The molecule has 1 amide bonds. The number of amides is 1. The molecule has 3 aromatic rings. The van der Waals surface area contributed by atoms with Crippen LogP contribution >= 0.6 is 0 Å². The molecule has 1 N–H and O–H groups in total. The first-order chi connectivity index (χ1) is 10.2. The van der Waals surface area contributed by atoms with Crippen LogP contribution in [0, 0.1) is 6.92 Å². The SMILES string of the molecule is CCc1ccc(NC(=O)c2cc3cccc(C)c3o2)cc1. The van der Waals surface area contributed by atoms with Crippen LogP contribution in [0.2, 0.25) is 0 Å². The molecule has 0 fully saturated rings. The summed E-state index contributed by atoms with van der Waals surface area (Å²) in [7, 11) is 0. The lowest BCUT2D eigenvalue weighted by atomic mass is 10.1. The second-order valence-corrected chi connectivity index (χ2v) is 5.11. The normalized spacial score (nSPS) is 10.8. The number of hydrogen-bond acceptors (Lipinski definition) is 2. The fraction of sp³-hybridized carbons (Fsp3) is 0.167. The third kappa shape index (κ3) is 2.68. The Morgan fingerprint density at radius 3 is 2.57 bits per heavy atom. The number of hydrogen-bond donors (Lipinski definition) is 1. The Bertz CT molecular complexity index is 785. The molecule has 1 heterocycles. The highest BCUT2D eigenvalue weighted by atomic mass is 16.3. The number of fused-ring (bicyclic) bond motifs is 1. The molecule has 0 aliphatic rings. The molecule has 3 heteroatoms. The van der Waals surface area contributed by atoms with E-state index in [9.17, 15) is 4.79 Å². The van der Waals surface area contributed by atoms with Crippen LogP contribution in [0.25, 0.3) is 11.0 Å². The van der Waals surface area contributed by atoms with E-state index in [4.69, 9.17) is 4.42 Å². The molecule has 0 unspecified atom stereocenters. The predicted molar refractivity (Wildman–Crippen MR) is 84.7 cm³/mol. The fourth-order valence-corrected chi connectivity index (χ4v) is 2.34. The second-order valence-electron chi connectivity index (χ2n) is 5.11. The molecule has 0 aliphatic heterocycles. The predicted octanol–water partition coefficient (Wildman–Crippen LogP) is 4.56. The third-order valence-corrected chi connectivity index (χ3v) is 3.58. The quantitative estimate of drug-likeness (QED) is 0.764. The zero-order valence-corrected chi connectivity index (χ0v) is 12.1. The number of carbonyl (C=O) groups excluding carboxylic acids is 1. The van der Waals surface area contributed by atoms with Gasteiger partial charge in [0.15, 0.2) is 5.76 Å². The molecule has 21 heavy (non-hydrogen) atoms. The van der Waals surface area contributed by atoms with Gasteiger partial charge in [0.2, 0.25) is 0 Å². The summed E-state index contributed by atoms with van der Waals surface area (Å²) in [6.45, 7) is 4.07. The Morgan fingerprint density at radius 1 is 1.14 bits per heavy atom. The van der Waals surface area contributed by atoms with Gasteiger partial charge in [0, 0.05) is 11.1 Å². The lowest BCUT2D eigenvalue weighted by molar-refractivity contribution is 0.0998. The summed E-state index contributed by atoms with van der Waals surface area (Å²) in [5, 5.41) is 3.80. The number of benzene rings is 2. The standard InChI is InChI=1S/C18H17NO2/c1-3-13-7-9-15(10-8-13)19-18(20)16-11-14-6-4-5-12(2)17(14)21-16/h4-11H,3H2,1-2H3,(H,19,20). The Labute approximate surface area is 123 Å². The van der Waals surface area contributed by atoms with Crippen molar-refractivity contribution in [2.45, 2.75) is 20.3 Å². The van der Waals surface area contributed by atoms with Gasteiger partial charge in [-0.25, -0.2) is 0 Å². The number of rotatable bonds is 3. The summed E-state index contributed by atoms with van der Waals surface area (Å²) in [4.78, 5) is 12.2. The molecule has 3 nitrogen and oxygen atoms in total. The average molecular weight is 279 g/mol. The number of nitrogens with one attached hydrogen (secondary N) is 1. The first-order valence-corrected chi connectivity index (χ1v) is 7.07. The van der Waals surface area contributed by atoms with Gasteiger partial charge in [-0.2, -0.15) is 0 Å². The van der Waals surface area contributed by atoms with Crippen LogP contribution in [-0.4, -0.2) is 5.91 Å². The number of anilines is 1. The monoisotopic (exact) mass is 279 g/mol. The van der Waals surface area contributed by atoms with Crippen molar-refractivity contribution < 1.29 is 9.21 Å². The van der Waals surface area contributed by atoms with E-state index in [0.717, 1.165) is 28.6 Å². The molecule has 0 saturated heterocycles. The Kier molecular flexibility index (Phi) is 3.48. The van der Waals surface area contributed by atoms with Gasteiger partial charge in [-0.3, -0.25) is 4.79 Å². The topological polar surface area (TPSA) is 42.2 Å². The van der Waals surface area contributed by atoms with E-state index in [1.54, 1.807) is 6.07 Å². The van der Waals surface area contributed by atoms with Crippen LogP contribution in [-0.2, 0) is 6.42 Å². The zero-order valence-electron chi connectivity index (χ0n) is 12.1. The first kappa shape index (κ1) is 13.4. The maximum atomic E-state index is 12.2. The third-order valence-electron chi connectivity index (χ3n) is 3.58. The van der Waals surface area contributed by atoms with Crippen molar-refractivity contribution >= 4 is 22.6 Å². The van der Waals surface area contributed by atoms with Gasteiger partial charge in [-0.15, -0.1) is 0 Å². The molecule has 3 rings (SSSR count). The van der Waals surface area contributed by atoms with E-state index in [1.807, 2.05) is 49.4 Å². The van der Waals surface area contributed by atoms with Gasteiger partial charge < -0.3 is 9.73 Å². The Balaban J connectivity index is 1.84. The van der Waals surface area contributed by atoms with Gasteiger partial charge >= 0.3 is 0 Å². The van der Waals surface area contributed by atoms with E-state index in [2.05, 4.69) is 12.2 Å². The minimum atomic E-state index is -0.227. The van der Waals surface area contributed by atoms with Crippen molar-refractivity contribution in [3.63, 3.8) is 0 Å². The fourth-order valence-electron chi connectivity index (χ4n) is 2.34. The average Bonchev–Trinajstić information content (AvgIpc) is 2.94. The van der Waals surface area contributed by atoms with Crippen LogP contribution in [0.4, 0.5) is 5.69 Å². The van der Waals surface area contributed by atoms with E-state index < -0.39 is 0 Å². The summed E-state index contributed by atoms with van der Waals surface area (Å²) >= 11 is 0. The van der Waals surface area contributed by atoms with Crippen LogP contribution in [0.3, 0.4) is 0 Å². The van der Waals surface area contributed by atoms with Crippen molar-refractivity contribution in [2.24, 2.45) is 0 Å². The van der Waals surface area contributed by atoms with Crippen molar-refractivity contribution in [1.29, 1.82) is 0 Å². The van der Waals surface area contributed by atoms with Crippen LogP contribution in [0.15, 0.2) is 52.9 Å². The largest absolute Gasteiger partial charge is 0.451 e. The van der Waals surface area contributed by atoms with E-state index in [1.165, 1.54) is 5.56 Å². The number of aryl methyl sites for hydroxylation is 2. The summed E-state index contributed by atoms with van der Waals surface area (Å²) in [6.07, 6.45) is 0.983. The molecule has 0 spiro atoms. The Morgan fingerprint density at radius 2 is 1.90 bits per heavy atom. The lowest BCUT2D eigenvalue weighted by Crippen LogP contribution is -2.10. The van der Waals surface area contributed by atoms with E-state index in [-0.39, 0.29) is 5.91 Å². The highest BCUT2D eigenvalue weighted by Gasteiger charge is 2.13. The van der Waals surface area contributed by atoms with Crippen molar-refractivity contribution in [2.75, 3.05) is 5.32 Å². The molecule has 1 aromatic heterocycles. The minimum absolute atomic E-state index is 0.227. The summed E-state index contributed by atoms with van der Waals surface area (Å²) < 4.78 is 5.67. The molecule has 0 radical (unpaired) electrons. The van der Waals surface area contributed by atoms with E-state index in [0.29, 0.717) is 5.76 Å². The number of furan rings is 1. The van der Waals surface area contributed by atoms with Crippen molar-refractivity contribution in [1.82, 2.24) is 0 Å². The van der Waals surface area contributed by atoms with Crippen LogP contribution in [0.5, 0.6) is 0 Å². The summed E-state index contributed by atoms with van der Waals surface area (Å²) in [5.41, 5.74) is 3.81. The summed E-state index contributed by atoms with van der Waals surface area (Å²) in [5.74, 6) is 0.105. The molecule has 0 atom stereocenters. The zero-order chi connectivity index (χ0) is 14.8. The number of carbonyl (C=O) groups is 1. The van der Waals surface area contributed by atoms with Gasteiger partial charge in [0.05, 0.1) is 0 Å². The van der Waals surface area contributed by atoms with Crippen LogP contribution in [0.1, 0.15) is 28.6 Å². The summed E-state index contributed by atoms with van der Waals surface area (Å²) in [6, 6.07) is 15.5. The second kappa shape index (κ2) is 5.44. The highest BCUT2D eigenvalue weighted by Crippen LogP contribution is 2.23. The first-order valence-electron chi connectivity index (χ1n) is 7.07. The molecule has 106 valence electrons. The van der Waals surface area contributed by atoms with Crippen molar-refractivity contribution in [3.05, 3.63) is 65.4 Å². The van der Waals surface area contributed by atoms with Gasteiger partial charge in [-0.1, -0.05) is 37.3 Å². The lowest BCUT2D eigenvalue weighted by Gasteiger charge is -2.04. The smallest absolute Gasteiger partial charge is 0.291 e. The Hall–Kier alpha value is -2.55. The highest BCUT2D eigenvalue weighted by molar-refractivity contribution is 6.04. The van der Waals surface area contributed by atoms with E-state index >= 15 is 0 Å². The van der Waals surface area contributed by atoms with Crippen molar-refractivity contribution in [3.8, 4) is 0 Å². The number of para-hydroxylation sites is 1. The molecular weight excluding hydrogens is 262 g/mol. The van der Waals surface area contributed by atoms with Gasteiger partial charge in [-0.05, 0) is 42.7 Å².